The lowest BCUT2D eigenvalue weighted by Crippen LogP contribution is -2.53. The Labute approximate surface area is 325 Å². The molecule has 0 spiro atoms. The van der Waals surface area contributed by atoms with E-state index in [0.29, 0.717) is 38.5 Å². The normalized spacial score (nSPS) is 28.4. The zero-order valence-corrected chi connectivity index (χ0v) is 32.2. The number of aromatic hydroxyl groups is 1. The van der Waals surface area contributed by atoms with Gasteiger partial charge in [0.15, 0.2) is 11.5 Å². The number of methoxy groups -OCH3 is 2. The fourth-order valence-corrected chi connectivity index (χ4v) is 10.8. The molecule has 276 valence electrons. The third kappa shape index (κ3) is 5.48. The molecule has 5 aliphatic rings. The van der Waals surface area contributed by atoms with Crippen LogP contribution in [0.25, 0.3) is 0 Å². The van der Waals surface area contributed by atoms with E-state index in [-0.39, 0.29) is 40.8 Å². The van der Waals surface area contributed by atoms with Gasteiger partial charge in [-0.3, -0.25) is 29.5 Å². The number of halogens is 3. The highest BCUT2D eigenvalue weighted by Gasteiger charge is 2.70. The quantitative estimate of drug-likeness (QED) is 0.183. The van der Waals surface area contributed by atoms with Crippen molar-refractivity contribution in [2.24, 2.45) is 23.7 Å². The first kappa shape index (κ1) is 35.9. The second-order valence-electron chi connectivity index (χ2n) is 14.6. The number of nitrogens with zero attached hydrogens (tertiary/aromatic N) is 2. The number of phenols is 1. The fourth-order valence-electron chi connectivity index (χ4n) is 9.86. The average Bonchev–Trinajstić information content (AvgIpc) is 3.54. The van der Waals surface area contributed by atoms with E-state index in [9.17, 15) is 19.5 Å². The lowest BCUT2D eigenvalue weighted by molar-refractivity contribution is -0.144. The van der Waals surface area contributed by atoms with E-state index < -0.39 is 46.8 Å². The molecule has 0 radical (unpaired) electrons. The van der Waals surface area contributed by atoms with Crippen LogP contribution < -0.4 is 14.9 Å². The number of nitrogens with one attached hydrogen (secondary N) is 1. The van der Waals surface area contributed by atoms with Gasteiger partial charge in [-0.2, -0.15) is 5.01 Å². The summed E-state index contributed by atoms with van der Waals surface area (Å²) in [5, 5.41) is 12.6. The van der Waals surface area contributed by atoms with E-state index in [4.69, 9.17) is 32.7 Å². The number of benzene rings is 3. The molecule has 0 bridgehead atoms. The summed E-state index contributed by atoms with van der Waals surface area (Å²) in [6.07, 6.45) is 7.08. The average molecular weight is 824 g/mol. The largest absolute Gasteiger partial charge is 0.503 e. The van der Waals surface area contributed by atoms with Crippen molar-refractivity contribution in [2.45, 2.75) is 62.3 Å². The van der Waals surface area contributed by atoms with Gasteiger partial charge in [-0.15, -0.1) is 0 Å². The number of amides is 4. The first-order chi connectivity index (χ1) is 25.5. The van der Waals surface area contributed by atoms with Crippen LogP contribution in [0.15, 0.2) is 70.7 Å². The van der Waals surface area contributed by atoms with E-state index in [1.807, 2.05) is 6.08 Å². The summed E-state index contributed by atoms with van der Waals surface area (Å²) in [5.41, 5.74) is 3.75. The highest BCUT2D eigenvalue weighted by atomic mass is 79.9. The smallest absolute Gasteiger partial charge is 0.260 e. The van der Waals surface area contributed by atoms with Crippen molar-refractivity contribution in [3.63, 3.8) is 0 Å². The third-order valence-electron chi connectivity index (χ3n) is 12.2. The van der Waals surface area contributed by atoms with Crippen LogP contribution in [0.3, 0.4) is 0 Å². The number of rotatable bonds is 7. The first-order valence-corrected chi connectivity index (χ1v) is 19.4. The molecular formula is C40H38BrCl2N3O7. The number of carbonyl (C=O) groups excluding carboxylic acids is 4. The van der Waals surface area contributed by atoms with Crippen LogP contribution in [0.5, 0.6) is 17.2 Å². The standard InChI is InChI=1S/C40H38BrCl2N3O7/c1-52-24-11-8-21(9-12-24)40-28(37(49)46(39(40)51)44-31-15-10-22(42)18-30(31)43)19-27-25(34(40)20-16-29(41)35(47)32(17-20)53-2)13-14-26-33(27)38(50)45(36(26)48)23-6-4-3-5-7-23/h8-13,15-18,23,26-28,33-34,44,47H,3-7,14,19H2,1-2H3. The molecule has 3 aromatic carbocycles. The van der Waals surface area contributed by atoms with E-state index >= 15 is 4.79 Å². The van der Waals surface area contributed by atoms with Gasteiger partial charge in [-0.05, 0) is 101 Å². The molecule has 6 atom stereocenters. The minimum absolute atomic E-state index is 0.120. The monoisotopic (exact) mass is 821 g/mol. The van der Waals surface area contributed by atoms with Gasteiger partial charge in [0.25, 0.3) is 11.8 Å². The Morgan fingerprint density at radius 1 is 0.887 bits per heavy atom. The Morgan fingerprint density at radius 3 is 2.30 bits per heavy atom. The van der Waals surface area contributed by atoms with E-state index in [1.165, 1.54) is 18.1 Å². The Bertz CT molecular complexity index is 2070. The van der Waals surface area contributed by atoms with Crippen molar-refractivity contribution in [3.05, 3.63) is 91.9 Å². The van der Waals surface area contributed by atoms with Gasteiger partial charge >= 0.3 is 0 Å². The molecule has 2 saturated carbocycles. The molecule has 4 fully saturated rings. The number of phenolic OH excluding ortho intramolecular Hbond substituents is 1. The summed E-state index contributed by atoms with van der Waals surface area (Å²) in [6, 6.07) is 15.1. The minimum Gasteiger partial charge on any atom is -0.503 e. The molecule has 0 aromatic heterocycles. The summed E-state index contributed by atoms with van der Waals surface area (Å²) >= 11 is 16.2. The fraction of sp³-hybridized carbons (Fsp3) is 0.400. The summed E-state index contributed by atoms with van der Waals surface area (Å²) in [4.78, 5) is 60.6. The molecule has 2 heterocycles. The van der Waals surface area contributed by atoms with Crippen molar-refractivity contribution < 1.29 is 33.8 Å². The summed E-state index contributed by atoms with van der Waals surface area (Å²) in [6.45, 7) is 0. The predicted octanol–water partition coefficient (Wildman–Crippen LogP) is 7.80. The van der Waals surface area contributed by atoms with Gasteiger partial charge in [-0.25, -0.2) is 0 Å². The molecule has 2 saturated heterocycles. The van der Waals surface area contributed by atoms with E-state index in [0.717, 1.165) is 42.7 Å². The van der Waals surface area contributed by atoms with Crippen molar-refractivity contribution in [2.75, 3.05) is 19.6 Å². The van der Waals surface area contributed by atoms with Gasteiger partial charge in [0.1, 0.15) is 5.75 Å². The number of anilines is 1. The van der Waals surface area contributed by atoms with Crippen LogP contribution in [-0.2, 0) is 24.6 Å². The second kappa shape index (κ2) is 13.7. The van der Waals surface area contributed by atoms with Crippen molar-refractivity contribution in [1.29, 1.82) is 0 Å². The zero-order chi connectivity index (χ0) is 37.3. The number of hydrogen-bond acceptors (Lipinski definition) is 8. The highest BCUT2D eigenvalue weighted by Crippen LogP contribution is 2.65. The van der Waals surface area contributed by atoms with Crippen LogP contribution in [-0.4, -0.2) is 58.9 Å². The molecule has 53 heavy (non-hydrogen) atoms. The lowest BCUT2D eigenvalue weighted by atomic mass is 9.49. The van der Waals surface area contributed by atoms with Crippen LogP contribution in [0, 0.1) is 23.7 Å². The Balaban J connectivity index is 1.34. The number of likely N-dealkylation sites (tertiary alicyclic amines) is 1. The molecule has 3 aromatic rings. The maximum absolute atomic E-state index is 15.5. The predicted molar refractivity (Wildman–Crippen MR) is 202 cm³/mol. The van der Waals surface area contributed by atoms with Crippen LogP contribution in [0.4, 0.5) is 5.69 Å². The maximum Gasteiger partial charge on any atom is 0.260 e. The SMILES string of the molecule is COc1ccc(C23C(=O)N(Nc4ccc(Cl)cc4Cl)C(=O)C2CC2C(=CCC4C(=O)N(C5CCCCC5)C(=O)C42)C3c2cc(Br)c(O)c(OC)c2)cc1. The molecule has 6 unspecified atom stereocenters. The Kier molecular flexibility index (Phi) is 9.26. The Hall–Kier alpha value is -4.06. The lowest BCUT2D eigenvalue weighted by Gasteiger charge is -2.50. The van der Waals surface area contributed by atoms with E-state index in [2.05, 4.69) is 21.4 Å². The number of fused-ring (bicyclic) bond motifs is 4. The number of hydrogen-bond donors (Lipinski definition) is 2. The van der Waals surface area contributed by atoms with Crippen molar-refractivity contribution in [3.8, 4) is 17.2 Å². The van der Waals surface area contributed by atoms with Gasteiger partial charge in [0.2, 0.25) is 11.8 Å². The van der Waals surface area contributed by atoms with Gasteiger partial charge in [0.05, 0.1) is 52.6 Å². The van der Waals surface area contributed by atoms with Gasteiger partial charge in [-0.1, -0.05) is 66.2 Å². The molecule has 2 N–H and O–H groups in total. The molecule has 3 aliphatic carbocycles. The first-order valence-electron chi connectivity index (χ1n) is 17.9. The Morgan fingerprint density at radius 2 is 1.62 bits per heavy atom. The third-order valence-corrected chi connectivity index (χ3v) is 13.3. The summed E-state index contributed by atoms with van der Waals surface area (Å²) < 4.78 is 11.4. The molecule has 8 rings (SSSR count). The number of allylic oxidation sites excluding steroid dienone is 2. The van der Waals surface area contributed by atoms with Gasteiger partial charge in [0, 0.05) is 17.0 Å². The highest BCUT2D eigenvalue weighted by molar-refractivity contribution is 9.10. The summed E-state index contributed by atoms with van der Waals surface area (Å²) in [5.74, 6) is -4.27. The number of hydrazine groups is 1. The van der Waals surface area contributed by atoms with Crippen LogP contribution in [0.2, 0.25) is 10.0 Å². The van der Waals surface area contributed by atoms with Crippen LogP contribution in [0.1, 0.15) is 62.0 Å². The molecule has 2 aliphatic heterocycles. The molecule has 13 heteroatoms. The van der Waals surface area contributed by atoms with Gasteiger partial charge < -0.3 is 14.6 Å². The number of ether oxygens (including phenoxy) is 2. The maximum atomic E-state index is 15.5. The molecule has 10 nitrogen and oxygen atoms in total. The summed E-state index contributed by atoms with van der Waals surface area (Å²) in [7, 11) is 2.99. The molecular weight excluding hydrogens is 785 g/mol. The minimum atomic E-state index is -1.54. The van der Waals surface area contributed by atoms with E-state index in [1.54, 1.807) is 55.6 Å². The second-order valence-corrected chi connectivity index (χ2v) is 16.3. The van der Waals surface area contributed by atoms with Crippen molar-refractivity contribution >= 4 is 68.4 Å². The topological polar surface area (TPSA) is 125 Å². The number of carbonyl (C=O) groups is 4. The number of imide groups is 2. The molecule has 4 amide bonds. The van der Waals surface area contributed by atoms with Crippen LogP contribution >= 0.6 is 39.1 Å². The zero-order valence-electron chi connectivity index (χ0n) is 29.1. The van der Waals surface area contributed by atoms with Crippen molar-refractivity contribution in [1.82, 2.24) is 9.91 Å².